The zero-order valence-electron chi connectivity index (χ0n) is 13.3. The van der Waals surface area contributed by atoms with Crippen LogP contribution in [0.3, 0.4) is 0 Å². The van der Waals surface area contributed by atoms with Crippen molar-refractivity contribution >= 4 is 8.32 Å². The Morgan fingerprint density at radius 2 is 1.70 bits per heavy atom. The first-order valence-electron chi connectivity index (χ1n) is 7.02. The molecule has 1 N–H and O–H groups in total. The Morgan fingerprint density at radius 1 is 1.10 bits per heavy atom. The molecule has 0 heterocycles. The zero-order chi connectivity index (χ0) is 15.4. The molecule has 0 bridgehead atoms. The minimum Gasteiger partial charge on any atom is -0.491 e. The molecule has 0 radical (unpaired) electrons. The predicted molar refractivity (Wildman–Crippen MR) is 84.6 cm³/mol. The van der Waals surface area contributed by atoms with Crippen molar-refractivity contribution in [2.24, 2.45) is 0 Å². The molecule has 1 rings (SSSR count). The van der Waals surface area contributed by atoms with E-state index in [1.54, 1.807) is 7.11 Å². The summed E-state index contributed by atoms with van der Waals surface area (Å²) in [5.74, 6) is 0.753. The lowest BCUT2D eigenvalue weighted by Gasteiger charge is -2.20. The van der Waals surface area contributed by atoms with E-state index in [-0.39, 0.29) is 13.2 Å². The first-order valence-corrected chi connectivity index (χ1v) is 10.1. The molecule has 0 aliphatic heterocycles. The average Bonchev–Trinajstić information content (AvgIpc) is 2.48. The van der Waals surface area contributed by atoms with Gasteiger partial charge in [-0.15, -0.1) is 0 Å². The van der Waals surface area contributed by atoms with Crippen LogP contribution in [0.2, 0.25) is 13.1 Å². The molecule has 1 aromatic rings. The van der Waals surface area contributed by atoms with Crippen LogP contribution >= 0.6 is 0 Å². The molecule has 0 saturated carbocycles. The van der Waals surface area contributed by atoms with Crippen molar-refractivity contribution < 1.29 is 19.0 Å². The Morgan fingerprint density at radius 3 is 2.25 bits per heavy atom. The van der Waals surface area contributed by atoms with Crippen LogP contribution in [0.5, 0.6) is 5.75 Å². The monoisotopic (exact) mass is 300 g/mol. The van der Waals surface area contributed by atoms with Gasteiger partial charge in [0.25, 0.3) is 0 Å². The maximum Gasteiger partial charge on any atom is 0.211 e. The SMILES string of the molecule is CC.CO[Si](C)(C)COCC(O)COc1ccccc1. The van der Waals surface area contributed by atoms with Gasteiger partial charge >= 0.3 is 0 Å². The molecule has 0 saturated heterocycles. The van der Waals surface area contributed by atoms with E-state index in [9.17, 15) is 5.11 Å². The Balaban J connectivity index is 0.00000172. The van der Waals surface area contributed by atoms with Crippen LogP contribution in [0.15, 0.2) is 30.3 Å². The van der Waals surface area contributed by atoms with Crippen LogP contribution in [0.4, 0.5) is 0 Å². The van der Waals surface area contributed by atoms with E-state index in [0.717, 1.165) is 5.75 Å². The molecule has 0 aliphatic rings. The smallest absolute Gasteiger partial charge is 0.211 e. The molecule has 1 atom stereocenters. The highest BCUT2D eigenvalue weighted by Gasteiger charge is 2.21. The number of rotatable bonds is 8. The van der Waals surface area contributed by atoms with Gasteiger partial charge in [0.1, 0.15) is 18.5 Å². The van der Waals surface area contributed by atoms with Crippen LogP contribution < -0.4 is 4.74 Å². The molecule has 5 heteroatoms. The van der Waals surface area contributed by atoms with Crippen LogP contribution in [0.25, 0.3) is 0 Å². The van der Waals surface area contributed by atoms with E-state index in [2.05, 4.69) is 13.1 Å². The maximum absolute atomic E-state index is 9.70. The highest BCUT2D eigenvalue weighted by atomic mass is 28.4. The molecular weight excluding hydrogens is 272 g/mol. The van der Waals surface area contributed by atoms with Gasteiger partial charge < -0.3 is 19.0 Å². The Hall–Kier alpha value is -0.883. The van der Waals surface area contributed by atoms with Crippen LogP contribution in [-0.4, -0.2) is 46.1 Å². The lowest BCUT2D eigenvalue weighted by atomic mass is 10.3. The third kappa shape index (κ3) is 9.09. The molecule has 1 aromatic carbocycles. The second-order valence-electron chi connectivity index (χ2n) is 4.76. The average molecular weight is 300 g/mol. The molecule has 0 aliphatic carbocycles. The van der Waals surface area contributed by atoms with Gasteiger partial charge in [-0.05, 0) is 25.2 Å². The molecule has 0 amide bonds. The fourth-order valence-electron chi connectivity index (χ4n) is 1.26. The number of hydrogen-bond donors (Lipinski definition) is 1. The van der Waals surface area contributed by atoms with Gasteiger partial charge in [-0.3, -0.25) is 0 Å². The highest BCUT2D eigenvalue weighted by Crippen LogP contribution is 2.09. The highest BCUT2D eigenvalue weighted by molar-refractivity contribution is 6.71. The quantitative estimate of drug-likeness (QED) is 0.750. The van der Waals surface area contributed by atoms with Gasteiger partial charge in [-0.1, -0.05) is 32.0 Å². The molecule has 1 unspecified atom stereocenters. The zero-order valence-corrected chi connectivity index (χ0v) is 14.3. The van der Waals surface area contributed by atoms with Gasteiger partial charge in [0.05, 0.1) is 12.8 Å². The van der Waals surface area contributed by atoms with E-state index in [1.807, 2.05) is 44.2 Å². The summed E-state index contributed by atoms with van der Waals surface area (Å²) in [5, 5.41) is 9.70. The second kappa shape index (κ2) is 10.9. The van der Waals surface area contributed by atoms with Crippen LogP contribution in [-0.2, 0) is 9.16 Å². The summed E-state index contributed by atoms with van der Waals surface area (Å²) in [6.07, 6.45) is -0.0434. The van der Waals surface area contributed by atoms with E-state index in [0.29, 0.717) is 6.23 Å². The molecular formula is C15H28O4Si. The summed E-state index contributed by atoms with van der Waals surface area (Å²) in [6.45, 7) is 8.64. The van der Waals surface area contributed by atoms with Crippen molar-refractivity contribution in [2.45, 2.75) is 33.0 Å². The lowest BCUT2D eigenvalue weighted by molar-refractivity contribution is 0.0222. The normalized spacial score (nSPS) is 12.3. The summed E-state index contributed by atoms with van der Waals surface area (Å²) >= 11 is 0. The minimum atomic E-state index is -1.71. The Bertz CT molecular complexity index is 330. The first-order chi connectivity index (χ1) is 9.53. The fourth-order valence-corrected chi connectivity index (χ4v) is 1.98. The first kappa shape index (κ1) is 19.1. The van der Waals surface area contributed by atoms with Crippen molar-refractivity contribution in [3.8, 4) is 5.75 Å². The van der Waals surface area contributed by atoms with Gasteiger partial charge in [0.2, 0.25) is 8.32 Å². The van der Waals surface area contributed by atoms with Gasteiger partial charge in [-0.2, -0.15) is 0 Å². The van der Waals surface area contributed by atoms with Crippen molar-refractivity contribution in [3.63, 3.8) is 0 Å². The summed E-state index contributed by atoms with van der Waals surface area (Å²) in [4.78, 5) is 0. The van der Waals surface area contributed by atoms with Crippen LogP contribution in [0, 0.1) is 0 Å². The van der Waals surface area contributed by atoms with Crippen molar-refractivity contribution in [1.29, 1.82) is 0 Å². The van der Waals surface area contributed by atoms with Crippen molar-refractivity contribution in [1.82, 2.24) is 0 Å². The number of para-hydroxylation sites is 1. The Labute approximate surface area is 123 Å². The summed E-state index contributed by atoms with van der Waals surface area (Å²) < 4.78 is 16.2. The van der Waals surface area contributed by atoms with Crippen molar-refractivity contribution in [3.05, 3.63) is 30.3 Å². The summed E-state index contributed by atoms with van der Waals surface area (Å²) in [6, 6.07) is 9.42. The maximum atomic E-state index is 9.70. The molecule has 0 spiro atoms. The fraction of sp³-hybridized carbons (Fsp3) is 0.600. The van der Waals surface area contributed by atoms with Crippen molar-refractivity contribution in [2.75, 3.05) is 26.6 Å². The topological polar surface area (TPSA) is 47.9 Å². The Kier molecular flexibility index (Phi) is 10.4. The number of benzene rings is 1. The minimum absolute atomic E-state index is 0.235. The number of ether oxygens (including phenoxy) is 2. The predicted octanol–water partition coefficient (Wildman–Crippen LogP) is 2.86. The van der Waals surface area contributed by atoms with E-state index < -0.39 is 14.4 Å². The molecule has 0 aromatic heterocycles. The number of aliphatic hydroxyl groups excluding tert-OH is 1. The third-order valence-corrected chi connectivity index (χ3v) is 4.50. The lowest BCUT2D eigenvalue weighted by Crippen LogP contribution is -2.37. The van der Waals surface area contributed by atoms with E-state index in [4.69, 9.17) is 13.9 Å². The van der Waals surface area contributed by atoms with Gasteiger partial charge in [0, 0.05) is 7.11 Å². The van der Waals surface area contributed by atoms with Crippen LogP contribution in [0.1, 0.15) is 13.8 Å². The standard InChI is InChI=1S/C13H22O4Si.C2H6/c1-15-18(2,3)11-16-9-12(14)10-17-13-7-5-4-6-8-13;1-2/h4-8,12,14H,9-11H2,1-3H3;1-2H3. The van der Waals surface area contributed by atoms with E-state index >= 15 is 0 Å². The van der Waals surface area contributed by atoms with Gasteiger partial charge in [0.15, 0.2) is 0 Å². The molecule has 0 fully saturated rings. The molecule has 20 heavy (non-hydrogen) atoms. The summed E-state index contributed by atoms with van der Waals surface area (Å²) in [7, 11) is -0.00621. The van der Waals surface area contributed by atoms with E-state index in [1.165, 1.54) is 0 Å². The third-order valence-electron chi connectivity index (χ3n) is 2.50. The summed E-state index contributed by atoms with van der Waals surface area (Å²) in [5.41, 5.74) is 0. The second-order valence-corrected chi connectivity index (χ2v) is 8.97. The number of aliphatic hydroxyl groups is 1. The number of hydrogen-bond acceptors (Lipinski definition) is 4. The van der Waals surface area contributed by atoms with Gasteiger partial charge in [-0.25, -0.2) is 0 Å². The molecule has 4 nitrogen and oxygen atoms in total. The largest absolute Gasteiger partial charge is 0.491 e. The molecule has 116 valence electrons.